The minimum absolute atomic E-state index is 0.378. The van der Waals surface area contributed by atoms with Gasteiger partial charge in [-0.1, -0.05) is 17.7 Å². The largest absolute Gasteiger partial charge is 0.382 e. The molecule has 0 aliphatic carbocycles. The Labute approximate surface area is 145 Å². The second-order valence-electron chi connectivity index (χ2n) is 5.99. The van der Waals surface area contributed by atoms with Gasteiger partial charge in [0.2, 0.25) is 0 Å². The quantitative estimate of drug-likeness (QED) is 0.714. The number of pyridine rings is 1. The third kappa shape index (κ3) is 3.06. The van der Waals surface area contributed by atoms with Gasteiger partial charge in [-0.3, -0.25) is 4.99 Å². The molecule has 124 valence electrons. The summed E-state index contributed by atoms with van der Waals surface area (Å²) in [6.07, 6.45) is 1.76. The van der Waals surface area contributed by atoms with E-state index in [2.05, 4.69) is 31.6 Å². The number of nitrogens with zero attached hydrogens (tertiary/aromatic N) is 4. The molecule has 0 unspecified atom stereocenters. The maximum absolute atomic E-state index is 6.02. The number of nitrogens with two attached hydrogens (primary N) is 1. The summed E-state index contributed by atoms with van der Waals surface area (Å²) in [4.78, 5) is 8.63. The Kier molecular flexibility index (Phi) is 3.85. The highest BCUT2D eigenvalue weighted by atomic mass is 15.1. The number of anilines is 1. The molecule has 3 aromatic rings. The van der Waals surface area contributed by atoms with Crippen molar-refractivity contribution in [3.63, 3.8) is 0 Å². The van der Waals surface area contributed by atoms with Crippen LogP contribution in [0.5, 0.6) is 0 Å². The van der Waals surface area contributed by atoms with Crippen LogP contribution < -0.4 is 11.1 Å². The van der Waals surface area contributed by atoms with Gasteiger partial charge in [0.1, 0.15) is 11.5 Å². The van der Waals surface area contributed by atoms with Crippen molar-refractivity contribution in [2.45, 2.75) is 6.92 Å². The predicted molar refractivity (Wildman–Crippen MR) is 101 cm³/mol. The molecule has 0 radical (unpaired) electrons. The Morgan fingerprint density at radius 1 is 1.08 bits per heavy atom. The molecule has 0 fully saturated rings. The summed E-state index contributed by atoms with van der Waals surface area (Å²) in [6, 6.07) is 13.9. The Bertz CT molecular complexity index is 983. The Morgan fingerprint density at radius 2 is 1.92 bits per heavy atom. The van der Waals surface area contributed by atoms with Gasteiger partial charge in [-0.05, 0) is 37.3 Å². The van der Waals surface area contributed by atoms with Crippen molar-refractivity contribution >= 4 is 33.8 Å². The average Bonchev–Trinajstić information content (AvgIpc) is 3.16. The van der Waals surface area contributed by atoms with E-state index in [1.807, 2.05) is 43.3 Å². The van der Waals surface area contributed by atoms with E-state index in [-0.39, 0.29) is 0 Å². The minimum atomic E-state index is 0.378. The first-order valence-corrected chi connectivity index (χ1v) is 8.16. The number of aromatic nitrogens is 1. The first-order chi connectivity index (χ1) is 12.2. The van der Waals surface area contributed by atoms with Crippen molar-refractivity contribution in [3.8, 4) is 0 Å². The van der Waals surface area contributed by atoms with Crippen molar-refractivity contribution in [1.29, 1.82) is 0 Å². The van der Waals surface area contributed by atoms with Gasteiger partial charge in [0, 0.05) is 29.1 Å². The SMILES string of the molecule is Cc1ccc2cnc(N)c(N=Nc3ccc(C4=NCCN4)cc3)c2c1. The summed E-state index contributed by atoms with van der Waals surface area (Å²) in [6.45, 7) is 3.75. The summed E-state index contributed by atoms with van der Waals surface area (Å²) >= 11 is 0. The molecule has 2 heterocycles. The molecule has 0 saturated carbocycles. The van der Waals surface area contributed by atoms with E-state index in [9.17, 15) is 0 Å². The third-order valence-corrected chi connectivity index (χ3v) is 4.13. The van der Waals surface area contributed by atoms with Crippen molar-refractivity contribution in [3.05, 3.63) is 59.8 Å². The van der Waals surface area contributed by atoms with E-state index in [1.54, 1.807) is 6.20 Å². The lowest BCUT2D eigenvalue weighted by Crippen LogP contribution is -2.19. The van der Waals surface area contributed by atoms with Gasteiger partial charge in [0.25, 0.3) is 0 Å². The minimum Gasteiger partial charge on any atom is -0.382 e. The zero-order chi connectivity index (χ0) is 17.2. The normalized spacial score (nSPS) is 14.0. The van der Waals surface area contributed by atoms with Gasteiger partial charge in [-0.2, -0.15) is 5.11 Å². The molecule has 0 atom stereocenters. The number of aliphatic imine (C=N–C) groups is 1. The van der Waals surface area contributed by atoms with E-state index in [0.717, 1.165) is 46.5 Å². The average molecular weight is 330 g/mol. The zero-order valence-corrected chi connectivity index (χ0v) is 13.9. The first kappa shape index (κ1) is 15.3. The number of hydrogen-bond acceptors (Lipinski definition) is 6. The van der Waals surface area contributed by atoms with Crippen molar-refractivity contribution in [1.82, 2.24) is 10.3 Å². The topological polar surface area (TPSA) is 88.0 Å². The van der Waals surface area contributed by atoms with E-state index >= 15 is 0 Å². The number of azo groups is 1. The number of amidine groups is 1. The van der Waals surface area contributed by atoms with Crippen LogP contribution in [0.25, 0.3) is 10.8 Å². The fraction of sp³-hybridized carbons (Fsp3) is 0.158. The molecule has 0 bridgehead atoms. The number of nitrogen functional groups attached to an aromatic ring is 1. The van der Waals surface area contributed by atoms with Crippen LogP contribution in [0.4, 0.5) is 17.2 Å². The molecule has 0 saturated heterocycles. The maximum Gasteiger partial charge on any atom is 0.151 e. The van der Waals surface area contributed by atoms with Crippen LogP contribution >= 0.6 is 0 Å². The predicted octanol–water partition coefficient (Wildman–Crippen LogP) is 3.89. The number of aryl methyl sites for hydroxylation is 1. The first-order valence-electron chi connectivity index (χ1n) is 8.16. The standard InChI is InChI=1S/C19H18N6/c1-12-2-3-14-11-23-18(20)17(16(14)10-12)25-24-15-6-4-13(5-7-15)19-21-8-9-22-19/h2-7,10-11H,8-9H2,1H3,(H2,20,23)(H,21,22). The molecule has 1 aliphatic rings. The van der Waals surface area contributed by atoms with E-state index in [1.165, 1.54) is 0 Å². The smallest absolute Gasteiger partial charge is 0.151 e. The highest BCUT2D eigenvalue weighted by Crippen LogP contribution is 2.32. The van der Waals surface area contributed by atoms with Gasteiger partial charge >= 0.3 is 0 Å². The van der Waals surface area contributed by atoms with E-state index in [0.29, 0.717) is 11.5 Å². The molecule has 0 amide bonds. The molecule has 4 rings (SSSR count). The van der Waals surface area contributed by atoms with Gasteiger partial charge in [-0.25, -0.2) is 4.98 Å². The molecule has 6 heteroatoms. The fourth-order valence-corrected chi connectivity index (χ4v) is 2.82. The number of hydrogen-bond donors (Lipinski definition) is 2. The molecule has 25 heavy (non-hydrogen) atoms. The summed E-state index contributed by atoms with van der Waals surface area (Å²) in [5.41, 5.74) is 9.58. The lowest BCUT2D eigenvalue weighted by Gasteiger charge is -2.05. The monoisotopic (exact) mass is 330 g/mol. The number of benzene rings is 2. The highest BCUT2D eigenvalue weighted by molar-refractivity contribution is 6.00. The Hall–Kier alpha value is -3.28. The maximum atomic E-state index is 6.02. The summed E-state index contributed by atoms with van der Waals surface area (Å²) < 4.78 is 0. The molecule has 6 nitrogen and oxygen atoms in total. The van der Waals surface area contributed by atoms with Crippen LogP contribution in [-0.2, 0) is 0 Å². The Morgan fingerprint density at radius 3 is 2.68 bits per heavy atom. The summed E-state index contributed by atoms with van der Waals surface area (Å²) in [5.74, 6) is 1.31. The van der Waals surface area contributed by atoms with Crippen LogP contribution in [0.15, 0.2) is 63.9 Å². The van der Waals surface area contributed by atoms with Crippen molar-refractivity contribution in [2.24, 2.45) is 15.2 Å². The van der Waals surface area contributed by atoms with Crippen LogP contribution in [0, 0.1) is 6.92 Å². The number of nitrogens with one attached hydrogen (secondary N) is 1. The molecular weight excluding hydrogens is 312 g/mol. The van der Waals surface area contributed by atoms with Crippen LogP contribution in [0.3, 0.4) is 0 Å². The molecule has 3 N–H and O–H groups in total. The molecule has 2 aromatic carbocycles. The molecule has 0 spiro atoms. The van der Waals surface area contributed by atoms with Gasteiger partial charge < -0.3 is 11.1 Å². The second-order valence-corrected chi connectivity index (χ2v) is 5.99. The van der Waals surface area contributed by atoms with Crippen molar-refractivity contribution in [2.75, 3.05) is 18.8 Å². The lowest BCUT2D eigenvalue weighted by molar-refractivity contribution is 0.960. The van der Waals surface area contributed by atoms with E-state index in [4.69, 9.17) is 5.73 Å². The molecular formula is C19H18N6. The van der Waals surface area contributed by atoms with E-state index < -0.39 is 0 Å². The van der Waals surface area contributed by atoms with Gasteiger partial charge in [0.05, 0.1) is 12.2 Å². The summed E-state index contributed by atoms with van der Waals surface area (Å²) in [7, 11) is 0. The van der Waals surface area contributed by atoms with Crippen LogP contribution in [-0.4, -0.2) is 23.9 Å². The number of rotatable bonds is 3. The fourth-order valence-electron chi connectivity index (χ4n) is 2.82. The van der Waals surface area contributed by atoms with Crippen LogP contribution in [0.1, 0.15) is 11.1 Å². The summed E-state index contributed by atoms with van der Waals surface area (Å²) in [5, 5.41) is 13.9. The van der Waals surface area contributed by atoms with Gasteiger partial charge in [0.15, 0.2) is 5.82 Å². The third-order valence-electron chi connectivity index (χ3n) is 4.13. The van der Waals surface area contributed by atoms with Crippen molar-refractivity contribution < 1.29 is 0 Å². The van der Waals surface area contributed by atoms with Crippen LogP contribution in [0.2, 0.25) is 0 Å². The molecule has 1 aliphatic heterocycles. The number of fused-ring (bicyclic) bond motifs is 1. The Balaban J connectivity index is 1.66. The molecule has 1 aromatic heterocycles. The lowest BCUT2D eigenvalue weighted by atomic mass is 10.1. The second kappa shape index (κ2) is 6.32. The zero-order valence-electron chi connectivity index (χ0n) is 13.9. The highest BCUT2D eigenvalue weighted by Gasteiger charge is 2.08. The van der Waals surface area contributed by atoms with Gasteiger partial charge in [-0.15, -0.1) is 5.11 Å².